The van der Waals surface area contributed by atoms with Gasteiger partial charge in [0.2, 0.25) is 0 Å². The second kappa shape index (κ2) is 5.96. The van der Waals surface area contributed by atoms with Gasteiger partial charge in [-0.2, -0.15) is 9.97 Å². The minimum absolute atomic E-state index is 0.106. The van der Waals surface area contributed by atoms with Crippen molar-refractivity contribution < 1.29 is 14.4 Å². The molecule has 0 amide bonds. The highest BCUT2D eigenvalue weighted by atomic mass is 16.6. The van der Waals surface area contributed by atoms with Crippen LogP contribution in [-0.4, -0.2) is 21.0 Å². The summed E-state index contributed by atoms with van der Waals surface area (Å²) in [5.41, 5.74) is -0.384. The first-order valence-electron chi connectivity index (χ1n) is 5.97. The van der Waals surface area contributed by atoms with Crippen LogP contribution in [0.5, 0.6) is 17.5 Å². The zero-order valence-corrected chi connectivity index (χ0v) is 11.0. The van der Waals surface area contributed by atoms with Crippen LogP contribution in [0.2, 0.25) is 0 Å². The van der Waals surface area contributed by atoms with Crippen molar-refractivity contribution in [2.24, 2.45) is 0 Å². The number of hydrogen-bond donors (Lipinski definition) is 0. The van der Waals surface area contributed by atoms with Crippen LogP contribution in [-0.2, 0) is 0 Å². The van der Waals surface area contributed by atoms with E-state index in [2.05, 4.69) is 9.97 Å². The zero-order valence-electron chi connectivity index (χ0n) is 11.0. The van der Waals surface area contributed by atoms with Crippen LogP contribution >= 0.6 is 0 Å². The molecule has 0 aliphatic heterocycles. The molecule has 0 saturated heterocycles. The molecule has 20 heavy (non-hydrogen) atoms. The number of benzene rings is 1. The smallest absolute Gasteiger partial charge is 0.392 e. The Kier molecular flexibility index (Phi) is 4.09. The molecule has 0 bridgehead atoms. The predicted octanol–water partition coefficient (Wildman–Crippen LogP) is 2.96. The van der Waals surface area contributed by atoms with Crippen molar-refractivity contribution in [3.8, 4) is 17.5 Å². The zero-order chi connectivity index (χ0) is 14.5. The Morgan fingerprint density at radius 3 is 2.40 bits per heavy atom. The molecule has 1 aromatic heterocycles. The Hall–Kier alpha value is -2.70. The van der Waals surface area contributed by atoms with E-state index in [0.29, 0.717) is 5.75 Å². The highest BCUT2D eigenvalue weighted by Crippen LogP contribution is 2.35. The van der Waals surface area contributed by atoms with Gasteiger partial charge in [-0.1, -0.05) is 18.2 Å². The lowest BCUT2D eigenvalue weighted by molar-refractivity contribution is -0.387. The summed E-state index contributed by atoms with van der Waals surface area (Å²) in [6, 6.07) is 8.68. The molecule has 0 N–H and O–H groups in total. The number of nitro groups is 1. The van der Waals surface area contributed by atoms with Crippen LogP contribution in [0.1, 0.15) is 13.8 Å². The molecule has 0 aliphatic carbocycles. The number of para-hydroxylation sites is 1. The highest BCUT2D eigenvalue weighted by molar-refractivity contribution is 5.50. The van der Waals surface area contributed by atoms with Crippen LogP contribution in [0.3, 0.4) is 0 Å². The van der Waals surface area contributed by atoms with Gasteiger partial charge >= 0.3 is 17.4 Å². The van der Waals surface area contributed by atoms with E-state index < -0.39 is 4.92 Å². The number of nitrogens with zero attached hydrogens (tertiary/aromatic N) is 3. The van der Waals surface area contributed by atoms with E-state index in [9.17, 15) is 10.1 Å². The Morgan fingerprint density at radius 2 is 1.80 bits per heavy atom. The molecular weight excluding hydrogens is 262 g/mol. The van der Waals surface area contributed by atoms with Gasteiger partial charge < -0.3 is 9.47 Å². The summed E-state index contributed by atoms with van der Waals surface area (Å²) in [5.74, 6) is 0.197. The maximum absolute atomic E-state index is 11.2. The fourth-order valence-electron chi connectivity index (χ4n) is 1.49. The lowest BCUT2D eigenvalue weighted by atomic mass is 10.3. The standard InChI is InChI=1S/C13H13N3O4/c1-9(2)19-12-11(16(17)18)13(15-8-14-12)20-10-6-4-3-5-7-10/h3-9H,1-2H3. The fourth-order valence-corrected chi connectivity index (χ4v) is 1.49. The van der Waals surface area contributed by atoms with Gasteiger partial charge in [0, 0.05) is 0 Å². The maximum atomic E-state index is 11.2. The van der Waals surface area contributed by atoms with Crippen LogP contribution in [0.25, 0.3) is 0 Å². The van der Waals surface area contributed by atoms with Crippen molar-refractivity contribution in [1.29, 1.82) is 0 Å². The quantitative estimate of drug-likeness (QED) is 0.615. The van der Waals surface area contributed by atoms with E-state index in [1.807, 2.05) is 6.07 Å². The van der Waals surface area contributed by atoms with Gasteiger partial charge in [-0.05, 0) is 26.0 Å². The Morgan fingerprint density at radius 1 is 1.15 bits per heavy atom. The molecule has 1 heterocycles. The maximum Gasteiger partial charge on any atom is 0.392 e. The average Bonchev–Trinajstić information content (AvgIpc) is 2.39. The molecule has 2 aromatic rings. The van der Waals surface area contributed by atoms with Crippen LogP contribution in [0, 0.1) is 10.1 Å². The summed E-state index contributed by atoms with van der Waals surface area (Å²) < 4.78 is 10.7. The van der Waals surface area contributed by atoms with Gasteiger partial charge in [0.15, 0.2) is 0 Å². The molecule has 0 aliphatic rings. The molecule has 7 heteroatoms. The van der Waals surface area contributed by atoms with Crippen LogP contribution in [0.15, 0.2) is 36.7 Å². The Bertz CT molecular complexity index is 602. The summed E-state index contributed by atoms with van der Waals surface area (Å²) in [7, 11) is 0. The molecule has 0 fully saturated rings. The van der Waals surface area contributed by atoms with Gasteiger partial charge in [0.05, 0.1) is 11.0 Å². The number of rotatable bonds is 5. The molecule has 104 valence electrons. The normalized spacial score (nSPS) is 10.3. The SMILES string of the molecule is CC(C)Oc1ncnc(Oc2ccccc2)c1[N+](=O)[O-]. The third kappa shape index (κ3) is 3.19. The Labute approximate surface area is 115 Å². The van der Waals surface area contributed by atoms with Crippen molar-refractivity contribution in [1.82, 2.24) is 9.97 Å². The molecule has 1 aromatic carbocycles. The van der Waals surface area contributed by atoms with Crippen molar-refractivity contribution in [3.63, 3.8) is 0 Å². The largest absolute Gasteiger partial charge is 0.470 e. The van der Waals surface area contributed by atoms with Gasteiger partial charge in [-0.25, -0.2) is 0 Å². The number of aromatic nitrogens is 2. The summed E-state index contributed by atoms with van der Waals surface area (Å²) in [6.07, 6.45) is 0.927. The van der Waals surface area contributed by atoms with E-state index in [0.717, 1.165) is 0 Å². The van der Waals surface area contributed by atoms with Crippen LogP contribution < -0.4 is 9.47 Å². The molecule has 0 unspecified atom stereocenters. The number of ether oxygens (including phenoxy) is 2. The first kappa shape index (κ1) is 13.7. The van der Waals surface area contributed by atoms with E-state index in [1.54, 1.807) is 38.1 Å². The van der Waals surface area contributed by atoms with Gasteiger partial charge in [-0.15, -0.1) is 0 Å². The van der Waals surface area contributed by atoms with E-state index >= 15 is 0 Å². The van der Waals surface area contributed by atoms with E-state index in [4.69, 9.17) is 9.47 Å². The first-order chi connectivity index (χ1) is 9.58. The second-order valence-corrected chi connectivity index (χ2v) is 4.17. The summed E-state index contributed by atoms with van der Waals surface area (Å²) in [6.45, 7) is 3.51. The van der Waals surface area contributed by atoms with Gasteiger partial charge in [0.1, 0.15) is 12.1 Å². The molecule has 0 radical (unpaired) electrons. The van der Waals surface area contributed by atoms with Crippen molar-refractivity contribution >= 4 is 5.69 Å². The minimum atomic E-state index is -0.615. The molecule has 0 atom stereocenters. The van der Waals surface area contributed by atoms with Crippen molar-refractivity contribution in [3.05, 3.63) is 46.8 Å². The molecule has 0 saturated carbocycles. The summed E-state index contributed by atoms with van der Waals surface area (Å²) in [4.78, 5) is 18.2. The topological polar surface area (TPSA) is 87.4 Å². The third-order valence-electron chi connectivity index (χ3n) is 2.24. The van der Waals surface area contributed by atoms with E-state index in [-0.39, 0.29) is 23.6 Å². The lowest BCUT2D eigenvalue weighted by Gasteiger charge is -2.10. The fraction of sp³-hybridized carbons (Fsp3) is 0.231. The Balaban J connectivity index is 2.39. The van der Waals surface area contributed by atoms with E-state index in [1.165, 1.54) is 6.33 Å². The lowest BCUT2D eigenvalue weighted by Crippen LogP contribution is -2.10. The minimum Gasteiger partial charge on any atom is -0.470 e. The first-order valence-corrected chi connectivity index (χ1v) is 5.97. The molecule has 0 spiro atoms. The third-order valence-corrected chi connectivity index (χ3v) is 2.24. The van der Waals surface area contributed by atoms with Crippen molar-refractivity contribution in [2.45, 2.75) is 20.0 Å². The predicted molar refractivity (Wildman–Crippen MR) is 71.0 cm³/mol. The molecule has 7 nitrogen and oxygen atoms in total. The second-order valence-electron chi connectivity index (χ2n) is 4.17. The highest BCUT2D eigenvalue weighted by Gasteiger charge is 2.27. The number of hydrogen-bond acceptors (Lipinski definition) is 6. The average molecular weight is 275 g/mol. The molecular formula is C13H13N3O4. The van der Waals surface area contributed by atoms with Gasteiger partial charge in [-0.3, -0.25) is 10.1 Å². The summed E-state index contributed by atoms with van der Waals surface area (Å²) >= 11 is 0. The van der Waals surface area contributed by atoms with Crippen LogP contribution in [0.4, 0.5) is 5.69 Å². The van der Waals surface area contributed by atoms with Gasteiger partial charge in [0.25, 0.3) is 0 Å². The monoisotopic (exact) mass is 275 g/mol. The summed E-state index contributed by atoms with van der Waals surface area (Å²) in [5, 5.41) is 11.2. The molecule has 2 rings (SSSR count). The van der Waals surface area contributed by atoms with Crippen molar-refractivity contribution in [2.75, 3.05) is 0 Å².